The largest absolute Gasteiger partial charge is 0.454 e. The number of sulfonamides is 1. The van der Waals surface area contributed by atoms with Gasteiger partial charge in [-0.2, -0.15) is 4.31 Å². The number of fused-ring (bicyclic) bond motifs is 1. The summed E-state index contributed by atoms with van der Waals surface area (Å²) in [6.45, 7) is 1.40. The van der Waals surface area contributed by atoms with Crippen molar-refractivity contribution < 1.29 is 32.2 Å². The number of ether oxygens (including phenoxy) is 4. The first-order chi connectivity index (χ1) is 13.0. The molecule has 0 atom stereocenters. The van der Waals surface area contributed by atoms with Crippen molar-refractivity contribution in [3.05, 3.63) is 48.0 Å². The Labute approximate surface area is 156 Å². The predicted molar refractivity (Wildman–Crippen MR) is 93.5 cm³/mol. The van der Waals surface area contributed by atoms with Crippen molar-refractivity contribution in [2.75, 3.05) is 33.1 Å². The monoisotopic (exact) mass is 391 g/mol. The van der Waals surface area contributed by atoms with Crippen LogP contribution in [0.15, 0.2) is 47.4 Å². The molecule has 27 heavy (non-hydrogen) atoms. The average molecular weight is 391 g/mol. The van der Waals surface area contributed by atoms with E-state index in [0.29, 0.717) is 24.7 Å². The van der Waals surface area contributed by atoms with Crippen LogP contribution in [0.1, 0.15) is 10.4 Å². The smallest absolute Gasteiger partial charge is 0.343 e. The maximum atomic E-state index is 12.7. The van der Waals surface area contributed by atoms with Crippen molar-refractivity contribution in [1.29, 1.82) is 0 Å². The van der Waals surface area contributed by atoms with Gasteiger partial charge in [-0.1, -0.05) is 6.07 Å². The van der Waals surface area contributed by atoms with Gasteiger partial charge in [-0.25, -0.2) is 13.2 Å². The fourth-order valence-electron chi connectivity index (χ4n) is 2.83. The van der Waals surface area contributed by atoms with E-state index in [1.54, 1.807) is 18.2 Å². The third-order valence-electron chi connectivity index (χ3n) is 4.23. The summed E-state index contributed by atoms with van der Waals surface area (Å²) < 4.78 is 47.8. The van der Waals surface area contributed by atoms with Gasteiger partial charge in [0.05, 0.1) is 23.7 Å². The van der Waals surface area contributed by atoms with Crippen molar-refractivity contribution in [1.82, 2.24) is 4.31 Å². The third kappa shape index (κ3) is 3.61. The molecule has 0 unspecified atom stereocenters. The van der Waals surface area contributed by atoms with Gasteiger partial charge in [-0.3, -0.25) is 0 Å². The number of hydrogen-bond donors (Lipinski definition) is 0. The van der Waals surface area contributed by atoms with Gasteiger partial charge >= 0.3 is 5.97 Å². The van der Waals surface area contributed by atoms with Crippen molar-refractivity contribution >= 4 is 16.0 Å². The summed E-state index contributed by atoms with van der Waals surface area (Å²) in [5, 5.41) is 0. The molecule has 2 aliphatic heterocycles. The summed E-state index contributed by atoms with van der Waals surface area (Å²) in [4.78, 5) is 12.5. The maximum Gasteiger partial charge on any atom is 0.343 e. The van der Waals surface area contributed by atoms with Crippen LogP contribution < -0.4 is 14.2 Å². The lowest BCUT2D eigenvalue weighted by atomic mass is 10.2. The van der Waals surface area contributed by atoms with E-state index in [1.807, 2.05) is 0 Å². The highest BCUT2D eigenvalue weighted by Crippen LogP contribution is 2.35. The maximum absolute atomic E-state index is 12.7. The highest BCUT2D eigenvalue weighted by molar-refractivity contribution is 7.89. The number of hydrogen-bond acceptors (Lipinski definition) is 7. The highest BCUT2D eigenvalue weighted by atomic mass is 32.2. The Morgan fingerprint density at radius 1 is 1.00 bits per heavy atom. The Kier molecular flexibility index (Phi) is 4.73. The quantitative estimate of drug-likeness (QED) is 0.578. The number of morpholine rings is 1. The van der Waals surface area contributed by atoms with Gasteiger partial charge < -0.3 is 18.9 Å². The number of nitrogens with zero attached hydrogens (tertiary/aromatic N) is 1. The molecule has 9 heteroatoms. The zero-order valence-electron chi connectivity index (χ0n) is 14.3. The SMILES string of the molecule is O=C(Oc1ccc2c(c1)OCO2)c1cccc(S(=O)(=O)N2CCOCC2)c1. The van der Waals surface area contributed by atoms with E-state index in [0.717, 1.165) is 0 Å². The number of carbonyl (C=O) groups is 1. The molecule has 0 spiro atoms. The van der Waals surface area contributed by atoms with Crippen molar-refractivity contribution in [3.63, 3.8) is 0 Å². The molecular formula is C18H17NO7S. The van der Waals surface area contributed by atoms with Gasteiger partial charge in [0.2, 0.25) is 16.8 Å². The Hall–Kier alpha value is -2.62. The molecule has 0 amide bonds. The van der Waals surface area contributed by atoms with Gasteiger partial charge in [0.25, 0.3) is 0 Å². The first kappa shape index (κ1) is 17.8. The Morgan fingerprint density at radius 2 is 1.78 bits per heavy atom. The summed E-state index contributed by atoms with van der Waals surface area (Å²) in [7, 11) is -3.69. The Balaban J connectivity index is 1.54. The molecule has 2 heterocycles. The summed E-state index contributed by atoms with van der Waals surface area (Å²) >= 11 is 0. The van der Waals surface area contributed by atoms with E-state index in [4.69, 9.17) is 18.9 Å². The molecule has 0 aliphatic carbocycles. The minimum absolute atomic E-state index is 0.0459. The van der Waals surface area contributed by atoms with E-state index in [1.165, 1.54) is 28.6 Å². The predicted octanol–water partition coefficient (Wildman–Crippen LogP) is 1.66. The van der Waals surface area contributed by atoms with Crippen molar-refractivity contribution in [2.45, 2.75) is 4.90 Å². The van der Waals surface area contributed by atoms with Crippen LogP contribution in [0.3, 0.4) is 0 Å². The molecular weight excluding hydrogens is 374 g/mol. The molecule has 2 aromatic carbocycles. The van der Waals surface area contributed by atoms with Gasteiger partial charge in [0, 0.05) is 19.2 Å². The summed E-state index contributed by atoms with van der Waals surface area (Å²) in [5.74, 6) is 0.691. The first-order valence-electron chi connectivity index (χ1n) is 8.34. The van der Waals surface area contributed by atoms with E-state index >= 15 is 0 Å². The topological polar surface area (TPSA) is 91.4 Å². The van der Waals surface area contributed by atoms with Gasteiger partial charge in [-0.05, 0) is 30.3 Å². The normalized spacial score (nSPS) is 16.9. The second-order valence-corrected chi connectivity index (χ2v) is 7.89. The lowest BCUT2D eigenvalue weighted by Gasteiger charge is -2.26. The van der Waals surface area contributed by atoms with Crippen LogP contribution in [0.5, 0.6) is 17.2 Å². The molecule has 4 rings (SSSR count). The fraction of sp³-hybridized carbons (Fsp3) is 0.278. The van der Waals surface area contributed by atoms with E-state index in [9.17, 15) is 13.2 Å². The van der Waals surface area contributed by atoms with E-state index in [-0.39, 0.29) is 36.1 Å². The molecule has 1 saturated heterocycles. The molecule has 0 N–H and O–H groups in total. The molecule has 142 valence electrons. The Morgan fingerprint density at radius 3 is 2.59 bits per heavy atom. The lowest BCUT2D eigenvalue weighted by molar-refractivity contribution is 0.0727. The van der Waals surface area contributed by atoms with Crippen LogP contribution in [0, 0.1) is 0 Å². The third-order valence-corrected chi connectivity index (χ3v) is 6.13. The minimum Gasteiger partial charge on any atom is -0.454 e. The number of benzene rings is 2. The lowest BCUT2D eigenvalue weighted by Crippen LogP contribution is -2.40. The van der Waals surface area contributed by atoms with Gasteiger partial charge in [0.1, 0.15) is 5.75 Å². The zero-order valence-corrected chi connectivity index (χ0v) is 15.1. The Bertz CT molecular complexity index is 967. The second-order valence-electron chi connectivity index (χ2n) is 5.95. The van der Waals surface area contributed by atoms with Crippen LogP contribution in [0.2, 0.25) is 0 Å². The molecule has 1 fully saturated rings. The number of esters is 1. The van der Waals surface area contributed by atoms with Gasteiger partial charge in [0.15, 0.2) is 11.5 Å². The minimum atomic E-state index is -3.69. The van der Waals surface area contributed by atoms with Crippen molar-refractivity contribution in [2.24, 2.45) is 0 Å². The second kappa shape index (κ2) is 7.18. The van der Waals surface area contributed by atoms with Crippen LogP contribution in [0.4, 0.5) is 0 Å². The van der Waals surface area contributed by atoms with Crippen LogP contribution in [-0.2, 0) is 14.8 Å². The molecule has 0 saturated carbocycles. The summed E-state index contributed by atoms with van der Waals surface area (Å²) in [5.41, 5.74) is 0.141. The zero-order chi connectivity index (χ0) is 18.9. The molecule has 2 aliphatic rings. The molecule has 2 aromatic rings. The van der Waals surface area contributed by atoms with Crippen LogP contribution in [-0.4, -0.2) is 51.8 Å². The summed E-state index contributed by atoms with van der Waals surface area (Å²) in [6, 6.07) is 10.6. The molecule has 8 nitrogen and oxygen atoms in total. The molecule has 0 bridgehead atoms. The standard InChI is InChI=1S/C18H17NO7S/c20-18(26-14-4-5-16-17(11-14)25-12-24-16)13-2-1-3-15(10-13)27(21,22)19-6-8-23-9-7-19/h1-5,10-11H,6-9,12H2. The van der Waals surface area contributed by atoms with Crippen molar-refractivity contribution in [3.8, 4) is 17.2 Å². The van der Waals surface area contributed by atoms with Crippen LogP contribution >= 0.6 is 0 Å². The fourth-order valence-corrected chi connectivity index (χ4v) is 4.28. The number of carbonyl (C=O) groups excluding carboxylic acids is 1. The van der Waals surface area contributed by atoms with E-state index in [2.05, 4.69) is 0 Å². The highest BCUT2D eigenvalue weighted by Gasteiger charge is 2.27. The van der Waals surface area contributed by atoms with Crippen LogP contribution in [0.25, 0.3) is 0 Å². The van der Waals surface area contributed by atoms with E-state index < -0.39 is 16.0 Å². The van der Waals surface area contributed by atoms with Gasteiger partial charge in [-0.15, -0.1) is 0 Å². The molecule has 0 aromatic heterocycles. The first-order valence-corrected chi connectivity index (χ1v) is 9.78. The number of rotatable bonds is 4. The molecule has 0 radical (unpaired) electrons. The summed E-state index contributed by atoms with van der Waals surface area (Å²) in [6.07, 6.45) is 0. The average Bonchev–Trinajstić information content (AvgIpc) is 3.16.